The van der Waals surface area contributed by atoms with Crippen molar-refractivity contribution in [1.29, 1.82) is 0 Å². The largest absolute Gasteiger partial charge is 0.391 e. The summed E-state index contributed by atoms with van der Waals surface area (Å²) in [4.78, 5) is 23.1. The molecule has 0 aliphatic heterocycles. The summed E-state index contributed by atoms with van der Waals surface area (Å²) in [6.45, 7) is 5.45. The molecular formula is C14H19FN2O3. The van der Waals surface area contributed by atoms with E-state index in [4.69, 9.17) is 0 Å². The fourth-order valence-corrected chi connectivity index (χ4v) is 1.30. The van der Waals surface area contributed by atoms with Gasteiger partial charge in [0.15, 0.2) is 0 Å². The Bertz CT molecular complexity index is 480. The minimum atomic E-state index is -0.863. The molecule has 110 valence electrons. The van der Waals surface area contributed by atoms with Gasteiger partial charge in [0.25, 0.3) is 0 Å². The summed E-state index contributed by atoms with van der Waals surface area (Å²) in [7, 11) is 0. The van der Waals surface area contributed by atoms with E-state index in [-0.39, 0.29) is 12.0 Å². The molecule has 1 aromatic carbocycles. The number of nitrogens with one attached hydrogen (secondary N) is 2. The summed E-state index contributed by atoms with van der Waals surface area (Å²) in [5.74, 6) is -2.14. The molecule has 6 heteroatoms. The molecule has 0 saturated heterocycles. The summed E-state index contributed by atoms with van der Waals surface area (Å²) < 4.78 is 12.7. The third-order valence-corrected chi connectivity index (χ3v) is 2.76. The van der Waals surface area contributed by atoms with Crippen molar-refractivity contribution in [3.05, 3.63) is 30.1 Å². The minimum absolute atomic E-state index is 0.0147. The molecule has 0 unspecified atom stereocenters. The van der Waals surface area contributed by atoms with Gasteiger partial charge < -0.3 is 15.7 Å². The quantitative estimate of drug-likeness (QED) is 0.731. The maximum absolute atomic E-state index is 12.7. The molecule has 0 heterocycles. The van der Waals surface area contributed by atoms with Gasteiger partial charge >= 0.3 is 11.8 Å². The van der Waals surface area contributed by atoms with Crippen molar-refractivity contribution in [2.24, 2.45) is 5.41 Å². The number of aliphatic hydroxyl groups excluding tert-OH is 1. The first-order chi connectivity index (χ1) is 9.20. The van der Waals surface area contributed by atoms with Crippen LogP contribution in [-0.2, 0) is 9.59 Å². The molecule has 2 amide bonds. The topological polar surface area (TPSA) is 78.4 Å². The van der Waals surface area contributed by atoms with Gasteiger partial charge in [0.1, 0.15) is 5.82 Å². The van der Waals surface area contributed by atoms with Gasteiger partial charge in [-0.15, -0.1) is 0 Å². The zero-order chi connectivity index (χ0) is 15.3. The van der Waals surface area contributed by atoms with Gasteiger partial charge in [-0.2, -0.15) is 0 Å². The first-order valence-electron chi connectivity index (χ1n) is 6.23. The maximum atomic E-state index is 12.7. The molecule has 3 N–H and O–H groups in total. The molecule has 1 rings (SSSR count). The summed E-state index contributed by atoms with van der Waals surface area (Å²) in [6, 6.07) is 5.06. The molecule has 0 saturated carbocycles. The summed E-state index contributed by atoms with van der Waals surface area (Å²) in [5, 5.41) is 14.4. The fraction of sp³-hybridized carbons (Fsp3) is 0.429. The molecule has 0 aliphatic carbocycles. The van der Waals surface area contributed by atoms with E-state index >= 15 is 0 Å². The van der Waals surface area contributed by atoms with Crippen LogP contribution in [0.25, 0.3) is 0 Å². The molecule has 1 aromatic rings. The van der Waals surface area contributed by atoms with Crippen molar-refractivity contribution < 1.29 is 19.1 Å². The maximum Gasteiger partial charge on any atom is 0.313 e. The first-order valence-corrected chi connectivity index (χ1v) is 6.23. The summed E-state index contributed by atoms with van der Waals surface area (Å²) in [5.41, 5.74) is -0.0660. The smallest absolute Gasteiger partial charge is 0.313 e. The van der Waals surface area contributed by atoms with Crippen molar-refractivity contribution in [3.8, 4) is 0 Å². The second-order valence-corrected chi connectivity index (χ2v) is 5.55. The Hall–Kier alpha value is -1.95. The van der Waals surface area contributed by atoms with Gasteiger partial charge in [-0.05, 0) is 29.7 Å². The average Bonchev–Trinajstić information content (AvgIpc) is 2.36. The number of hydrogen-bond donors (Lipinski definition) is 3. The van der Waals surface area contributed by atoms with E-state index < -0.39 is 23.7 Å². The summed E-state index contributed by atoms with van der Waals surface area (Å²) >= 11 is 0. The molecule has 20 heavy (non-hydrogen) atoms. The lowest BCUT2D eigenvalue weighted by Gasteiger charge is -2.25. The number of carbonyl (C=O) groups is 2. The average molecular weight is 282 g/mol. The number of carbonyl (C=O) groups excluding carboxylic acids is 2. The van der Waals surface area contributed by atoms with Gasteiger partial charge in [-0.3, -0.25) is 9.59 Å². The Kier molecular flexibility index (Phi) is 5.21. The van der Waals surface area contributed by atoms with Crippen LogP contribution in [0.15, 0.2) is 24.3 Å². The SMILES string of the molecule is CC(C)(C)[C@@H](O)CNC(=O)C(=O)Nc1ccc(F)cc1. The van der Waals surface area contributed by atoms with Crippen molar-refractivity contribution >= 4 is 17.5 Å². The number of amides is 2. The number of benzene rings is 1. The van der Waals surface area contributed by atoms with Crippen molar-refractivity contribution in [2.45, 2.75) is 26.9 Å². The molecule has 5 nitrogen and oxygen atoms in total. The highest BCUT2D eigenvalue weighted by molar-refractivity contribution is 6.39. The lowest BCUT2D eigenvalue weighted by Crippen LogP contribution is -2.43. The van der Waals surface area contributed by atoms with Gasteiger partial charge in [-0.1, -0.05) is 20.8 Å². The fourth-order valence-electron chi connectivity index (χ4n) is 1.30. The van der Waals surface area contributed by atoms with E-state index in [0.29, 0.717) is 5.69 Å². The van der Waals surface area contributed by atoms with Crippen LogP contribution in [0.3, 0.4) is 0 Å². The van der Waals surface area contributed by atoms with Gasteiger partial charge in [0, 0.05) is 12.2 Å². The highest BCUT2D eigenvalue weighted by Gasteiger charge is 2.23. The Balaban J connectivity index is 2.48. The third kappa shape index (κ3) is 4.97. The third-order valence-electron chi connectivity index (χ3n) is 2.76. The van der Waals surface area contributed by atoms with Crippen LogP contribution in [0.5, 0.6) is 0 Å². The zero-order valence-corrected chi connectivity index (χ0v) is 11.7. The number of hydrogen-bond acceptors (Lipinski definition) is 3. The second kappa shape index (κ2) is 6.47. The Labute approximate surface area is 117 Å². The minimum Gasteiger partial charge on any atom is -0.391 e. The lowest BCUT2D eigenvalue weighted by molar-refractivity contribution is -0.136. The van der Waals surface area contributed by atoms with E-state index in [1.165, 1.54) is 24.3 Å². The zero-order valence-electron chi connectivity index (χ0n) is 11.7. The molecule has 0 spiro atoms. The van der Waals surface area contributed by atoms with E-state index in [1.807, 2.05) is 20.8 Å². The van der Waals surface area contributed by atoms with Crippen LogP contribution in [-0.4, -0.2) is 29.6 Å². The van der Waals surface area contributed by atoms with Crippen molar-refractivity contribution in [3.63, 3.8) is 0 Å². The molecule has 0 aliphatic rings. The lowest BCUT2D eigenvalue weighted by atomic mass is 9.89. The Morgan fingerprint density at radius 3 is 2.25 bits per heavy atom. The molecule has 0 fully saturated rings. The highest BCUT2D eigenvalue weighted by atomic mass is 19.1. The number of halogens is 1. The van der Waals surface area contributed by atoms with Crippen molar-refractivity contribution in [1.82, 2.24) is 5.32 Å². The van der Waals surface area contributed by atoms with Crippen LogP contribution < -0.4 is 10.6 Å². The van der Waals surface area contributed by atoms with Gasteiger partial charge in [0.05, 0.1) is 6.10 Å². The van der Waals surface area contributed by atoms with Gasteiger partial charge in [-0.25, -0.2) is 4.39 Å². The van der Waals surface area contributed by atoms with Crippen LogP contribution in [0.1, 0.15) is 20.8 Å². The van der Waals surface area contributed by atoms with Crippen LogP contribution in [0.4, 0.5) is 10.1 Å². The molecule has 0 bridgehead atoms. The highest BCUT2D eigenvalue weighted by Crippen LogP contribution is 2.18. The van der Waals surface area contributed by atoms with Gasteiger partial charge in [0.2, 0.25) is 0 Å². The van der Waals surface area contributed by atoms with E-state index in [0.717, 1.165) is 0 Å². The Morgan fingerprint density at radius 1 is 1.20 bits per heavy atom. The Morgan fingerprint density at radius 2 is 1.75 bits per heavy atom. The predicted molar refractivity (Wildman–Crippen MR) is 73.5 cm³/mol. The van der Waals surface area contributed by atoms with E-state index in [1.54, 1.807) is 0 Å². The molecule has 0 radical (unpaired) electrons. The van der Waals surface area contributed by atoms with Crippen LogP contribution in [0.2, 0.25) is 0 Å². The second-order valence-electron chi connectivity index (χ2n) is 5.55. The first kappa shape index (κ1) is 16.1. The van der Waals surface area contributed by atoms with Crippen molar-refractivity contribution in [2.75, 3.05) is 11.9 Å². The number of anilines is 1. The standard InChI is InChI=1S/C14H19FN2O3/c1-14(2,3)11(18)8-16-12(19)13(20)17-10-6-4-9(15)5-7-10/h4-7,11,18H,8H2,1-3H3,(H,16,19)(H,17,20)/t11-/m0/s1. The normalized spacial score (nSPS) is 12.7. The molecule has 1 atom stereocenters. The number of aliphatic hydroxyl groups is 1. The molecular weight excluding hydrogens is 263 g/mol. The van der Waals surface area contributed by atoms with E-state index in [2.05, 4.69) is 10.6 Å². The monoisotopic (exact) mass is 282 g/mol. The summed E-state index contributed by atoms with van der Waals surface area (Å²) in [6.07, 6.45) is -0.759. The number of rotatable bonds is 3. The molecule has 0 aromatic heterocycles. The predicted octanol–water partition coefficient (Wildman–Crippen LogP) is 1.29. The van der Waals surface area contributed by atoms with Crippen LogP contribution in [0, 0.1) is 11.2 Å². The van der Waals surface area contributed by atoms with E-state index in [9.17, 15) is 19.1 Å². The van der Waals surface area contributed by atoms with Crippen LogP contribution >= 0.6 is 0 Å².